The van der Waals surface area contributed by atoms with Crippen molar-refractivity contribution in [1.82, 2.24) is 10.2 Å². The Morgan fingerprint density at radius 1 is 1.11 bits per heavy atom. The fourth-order valence-electron chi connectivity index (χ4n) is 2.76. The van der Waals surface area contributed by atoms with Crippen molar-refractivity contribution in [2.75, 3.05) is 26.7 Å². The lowest BCUT2D eigenvalue weighted by Crippen LogP contribution is -2.33. The van der Waals surface area contributed by atoms with E-state index < -0.39 is 11.7 Å². The number of likely N-dealkylation sites (tertiary alicyclic amines) is 1. The van der Waals surface area contributed by atoms with Gasteiger partial charge in [0, 0.05) is 27.1 Å². The smallest absolute Gasteiger partial charge is 0.253 e. The number of hydrogen-bond donors (Lipinski definition) is 2. The molecule has 0 bridgehead atoms. The van der Waals surface area contributed by atoms with Crippen molar-refractivity contribution in [3.8, 4) is 6.07 Å². The van der Waals surface area contributed by atoms with Gasteiger partial charge in [0.1, 0.15) is 5.82 Å². The van der Waals surface area contributed by atoms with E-state index >= 15 is 0 Å². The standard InChI is InChI=1S/C8H8FNO.C6H12N2O.C5H10.C2H3N/c1-10-8(11)6-4-2-3-5-7(6)9;7-5-6(9)8-3-1-2-4-8;1-2-4-5-3-1;1-2-3/h2-5H,1H3,(H,10,11);1-5,7H2;1-5H2;1H3. The minimum atomic E-state index is -0.494. The van der Waals surface area contributed by atoms with Crippen molar-refractivity contribution >= 4 is 11.8 Å². The van der Waals surface area contributed by atoms with E-state index in [1.807, 2.05) is 4.90 Å². The van der Waals surface area contributed by atoms with Gasteiger partial charge in [-0.2, -0.15) is 5.26 Å². The van der Waals surface area contributed by atoms with E-state index in [0.29, 0.717) is 0 Å². The molecule has 7 heteroatoms. The third-order valence-corrected chi connectivity index (χ3v) is 4.23. The number of nitrogens with two attached hydrogens (primary N) is 1. The molecular weight excluding hydrogens is 359 g/mol. The molecule has 3 rings (SSSR count). The van der Waals surface area contributed by atoms with Gasteiger partial charge in [0.05, 0.1) is 18.2 Å². The predicted octanol–water partition coefficient (Wildman–Crippen LogP) is 3.23. The summed E-state index contributed by atoms with van der Waals surface area (Å²) in [7, 11) is 1.47. The molecule has 2 fully saturated rings. The van der Waals surface area contributed by atoms with Gasteiger partial charge in [0.25, 0.3) is 5.91 Å². The molecule has 2 aliphatic rings. The summed E-state index contributed by atoms with van der Waals surface area (Å²) in [6.07, 6.45) is 9.79. The van der Waals surface area contributed by atoms with Gasteiger partial charge in [-0.05, 0) is 25.0 Å². The van der Waals surface area contributed by atoms with Crippen molar-refractivity contribution in [3.05, 3.63) is 35.6 Å². The van der Waals surface area contributed by atoms with Crippen molar-refractivity contribution in [3.63, 3.8) is 0 Å². The van der Waals surface area contributed by atoms with E-state index in [9.17, 15) is 14.0 Å². The fourth-order valence-corrected chi connectivity index (χ4v) is 2.76. The molecule has 1 aromatic rings. The molecule has 1 saturated heterocycles. The second kappa shape index (κ2) is 16.7. The molecule has 2 amide bonds. The SMILES string of the molecule is C1CCCC1.CC#N.CNC(=O)c1ccccc1F.NCC(=O)N1CCCC1. The van der Waals surface area contributed by atoms with Crippen LogP contribution in [0, 0.1) is 17.1 Å². The minimum absolute atomic E-state index is 0.0787. The molecule has 0 unspecified atom stereocenters. The van der Waals surface area contributed by atoms with Crippen molar-refractivity contribution in [1.29, 1.82) is 5.26 Å². The summed E-state index contributed by atoms with van der Waals surface area (Å²) in [5, 5.41) is 9.66. The lowest BCUT2D eigenvalue weighted by atomic mass is 10.2. The second-order valence-corrected chi connectivity index (χ2v) is 6.34. The Bertz CT molecular complexity index is 599. The molecule has 0 spiro atoms. The van der Waals surface area contributed by atoms with Crippen LogP contribution in [-0.4, -0.2) is 43.4 Å². The van der Waals surface area contributed by atoms with Crippen molar-refractivity contribution < 1.29 is 14.0 Å². The van der Waals surface area contributed by atoms with Crippen LogP contribution < -0.4 is 11.1 Å². The first kappa shape index (κ1) is 25.5. The van der Waals surface area contributed by atoms with E-state index in [-0.39, 0.29) is 18.0 Å². The molecular formula is C21H33FN4O2. The summed E-state index contributed by atoms with van der Waals surface area (Å²) in [4.78, 5) is 23.5. The number of benzene rings is 1. The Labute approximate surface area is 167 Å². The molecule has 1 aromatic carbocycles. The van der Waals surface area contributed by atoms with E-state index in [1.54, 1.807) is 18.2 Å². The van der Waals surface area contributed by atoms with Crippen LogP contribution in [-0.2, 0) is 4.79 Å². The molecule has 0 radical (unpaired) electrons. The summed E-state index contributed by atoms with van der Waals surface area (Å²) in [6, 6.07) is 7.61. The molecule has 0 atom stereocenters. The topological polar surface area (TPSA) is 99.2 Å². The lowest BCUT2D eigenvalue weighted by Gasteiger charge is -2.12. The Morgan fingerprint density at radius 3 is 1.96 bits per heavy atom. The molecule has 1 aliphatic heterocycles. The zero-order chi connectivity index (χ0) is 21.2. The number of carbonyl (C=O) groups excluding carboxylic acids is 2. The normalized spacial score (nSPS) is 14.2. The first-order valence-corrected chi connectivity index (χ1v) is 9.77. The lowest BCUT2D eigenvalue weighted by molar-refractivity contribution is -0.128. The van der Waals surface area contributed by atoms with Gasteiger partial charge in [0.15, 0.2) is 0 Å². The number of nitriles is 1. The highest BCUT2D eigenvalue weighted by atomic mass is 19.1. The number of carbonyl (C=O) groups is 2. The van der Waals surface area contributed by atoms with Gasteiger partial charge in [-0.3, -0.25) is 9.59 Å². The van der Waals surface area contributed by atoms with Gasteiger partial charge < -0.3 is 16.0 Å². The van der Waals surface area contributed by atoms with Crippen LogP contribution in [0.1, 0.15) is 62.2 Å². The van der Waals surface area contributed by atoms with Gasteiger partial charge >= 0.3 is 0 Å². The van der Waals surface area contributed by atoms with Crippen molar-refractivity contribution in [2.45, 2.75) is 51.9 Å². The van der Waals surface area contributed by atoms with E-state index in [0.717, 1.165) is 25.9 Å². The van der Waals surface area contributed by atoms with Gasteiger partial charge in [-0.25, -0.2) is 4.39 Å². The highest BCUT2D eigenvalue weighted by molar-refractivity contribution is 5.94. The molecule has 156 valence electrons. The summed E-state index contributed by atoms with van der Waals surface area (Å²) in [5.74, 6) is -0.803. The third kappa shape index (κ3) is 11.3. The maximum atomic E-state index is 12.8. The molecule has 1 aliphatic carbocycles. The first-order valence-electron chi connectivity index (χ1n) is 9.77. The Hall–Kier alpha value is -2.46. The molecule has 3 N–H and O–H groups in total. The monoisotopic (exact) mass is 392 g/mol. The Morgan fingerprint density at radius 2 is 1.57 bits per heavy atom. The fraction of sp³-hybridized carbons (Fsp3) is 0.571. The second-order valence-electron chi connectivity index (χ2n) is 6.34. The van der Waals surface area contributed by atoms with Crippen LogP contribution in [0.25, 0.3) is 0 Å². The van der Waals surface area contributed by atoms with Gasteiger partial charge in [-0.1, -0.05) is 44.2 Å². The summed E-state index contributed by atoms with van der Waals surface area (Å²) < 4.78 is 12.8. The minimum Gasteiger partial charge on any atom is -0.355 e. The molecule has 6 nitrogen and oxygen atoms in total. The maximum absolute atomic E-state index is 12.8. The average Bonchev–Trinajstić information content (AvgIpc) is 3.45. The highest BCUT2D eigenvalue weighted by Gasteiger charge is 2.15. The van der Waals surface area contributed by atoms with Crippen LogP contribution in [0.4, 0.5) is 4.39 Å². The quantitative estimate of drug-likeness (QED) is 0.807. The number of nitrogens with one attached hydrogen (secondary N) is 1. The molecule has 28 heavy (non-hydrogen) atoms. The van der Waals surface area contributed by atoms with Gasteiger partial charge in [0.2, 0.25) is 5.91 Å². The number of amides is 2. The van der Waals surface area contributed by atoms with Crippen molar-refractivity contribution in [2.24, 2.45) is 5.73 Å². The molecule has 1 saturated carbocycles. The predicted molar refractivity (Wildman–Crippen MR) is 109 cm³/mol. The van der Waals surface area contributed by atoms with E-state index in [1.165, 1.54) is 58.2 Å². The zero-order valence-corrected chi connectivity index (χ0v) is 17.0. The zero-order valence-electron chi connectivity index (χ0n) is 17.0. The number of halogens is 1. The van der Waals surface area contributed by atoms with Crippen LogP contribution in [0.5, 0.6) is 0 Å². The summed E-state index contributed by atoms with van der Waals surface area (Å²) in [6.45, 7) is 3.42. The number of nitrogens with zero attached hydrogens (tertiary/aromatic N) is 2. The van der Waals surface area contributed by atoms with Crippen LogP contribution in [0.2, 0.25) is 0 Å². The van der Waals surface area contributed by atoms with Crippen LogP contribution >= 0.6 is 0 Å². The van der Waals surface area contributed by atoms with E-state index in [4.69, 9.17) is 11.0 Å². The van der Waals surface area contributed by atoms with Gasteiger partial charge in [-0.15, -0.1) is 0 Å². The Balaban J connectivity index is 0.000000383. The van der Waals surface area contributed by atoms with Crippen LogP contribution in [0.15, 0.2) is 24.3 Å². The maximum Gasteiger partial charge on any atom is 0.253 e. The Kier molecular flexibility index (Phi) is 15.2. The van der Waals surface area contributed by atoms with Crippen LogP contribution in [0.3, 0.4) is 0 Å². The average molecular weight is 393 g/mol. The summed E-state index contributed by atoms with van der Waals surface area (Å²) >= 11 is 0. The first-order chi connectivity index (χ1) is 13.5. The number of hydrogen-bond acceptors (Lipinski definition) is 4. The number of rotatable bonds is 2. The highest BCUT2D eigenvalue weighted by Crippen LogP contribution is 2.15. The third-order valence-electron chi connectivity index (χ3n) is 4.23. The molecule has 1 heterocycles. The summed E-state index contributed by atoms with van der Waals surface area (Å²) in [5.41, 5.74) is 5.24. The largest absolute Gasteiger partial charge is 0.355 e. The molecule has 0 aromatic heterocycles. The van der Waals surface area contributed by atoms with E-state index in [2.05, 4.69) is 5.32 Å².